The number of fused-ring (bicyclic) bond motifs is 1. The average molecular weight is 760 g/mol. The summed E-state index contributed by atoms with van der Waals surface area (Å²) in [5.74, 6) is -1.38. The maximum absolute atomic E-state index is 13.5. The van der Waals surface area contributed by atoms with Gasteiger partial charge in [0.25, 0.3) is 0 Å². The molecule has 0 saturated carbocycles. The van der Waals surface area contributed by atoms with E-state index in [9.17, 15) is 18.0 Å². The zero-order valence-corrected chi connectivity index (χ0v) is 31.4. The largest absolute Gasteiger partial charge is 0.461 e. The Bertz CT molecular complexity index is 2390. The number of hydrogen-bond donors (Lipinski definition) is 2. The first-order chi connectivity index (χ1) is 26.5. The van der Waals surface area contributed by atoms with Crippen molar-refractivity contribution in [3.8, 4) is 0 Å². The van der Waals surface area contributed by atoms with Gasteiger partial charge in [-0.2, -0.15) is 9.42 Å². The SMILES string of the molecule is C=CC(=O)OCCN(CCOC(=O)C=C)S(=O)(=O)c1ccc(N=Nc2ccc(N=Nc3ccc4c5c(cccc35)NC(C)(CCC)N4)c3ccccc23)cc1. The Morgan fingerprint density at radius 3 is 1.78 bits per heavy atom. The van der Waals surface area contributed by atoms with Gasteiger partial charge in [-0.25, -0.2) is 18.0 Å². The topological polar surface area (TPSA) is 163 Å². The van der Waals surface area contributed by atoms with E-state index < -0.39 is 22.0 Å². The molecular weight excluding hydrogens is 719 g/mol. The first-order valence-corrected chi connectivity index (χ1v) is 19.1. The van der Waals surface area contributed by atoms with E-state index in [0.717, 1.165) is 67.9 Å². The van der Waals surface area contributed by atoms with Crippen LogP contribution in [0, 0.1) is 0 Å². The summed E-state index contributed by atoms with van der Waals surface area (Å²) in [6.45, 7) is 10.2. The Morgan fingerprint density at radius 2 is 1.22 bits per heavy atom. The number of nitrogens with one attached hydrogen (secondary N) is 2. The number of azo groups is 2. The molecule has 0 bridgehead atoms. The standard InChI is InChI=1S/C41H41N7O6S/c1-5-23-41(4)42-36-14-10-13-32-35(21-22-37(43-41)40(32)36)47-46-34-20-19-33(30-11-8-9-12-31(30)34)45-44-28-15-17-29(18-16-28)55(51,52)48(24-26-53-38(49)6-2)25-27-54-39(50)7-3/h6-22,42-43H,2-3,5,23-27H2,1,4H3. The number of sulfonamides is 1. The summed E-state index contributed by atoms with van der Waals surface area (Å²) in [4.78, 5) is 23.0. The Labute approximate surface area is 319 Å². The number of rotatable bonds is 16. The molecule has 13 nitrogen and oxygen atoms in total. The molecule has 1 unspecified atom stereocenters. The molecule has 5 aromatic carbocycles. The van der Waals surface area contributed by atoms with Crippen molar-refractivity contribution in [2.45, 2.75) is 37.2 Å². The first-order valence-electron chi connectivity index (χ1n) is 17.7. The van der Waals surface area contributed by atoms with Crippen LogP contribution >= 0.6 is 0 Å². The molecule has 1 atom stereocenters. The predicted molar refractivity (Wildman–Crippen MR) is 214 cm³/mol. The molecule has 1 aliphatic heterocycles. The second-order valence-electron chi connectivity index (χ2n) is 12.9. The minimum atomic E-state index is -4.07. The molecule has 55 heavy (non-hydrogen) atoms. The Kier molecular flexibility index (Phi) is 11.8. The monoisotopic (exact) mass is 759 g/mol. The molecule has 5 aromatic rings. The summed E-state index contributed by atoms with van der Waals surface area (Å²) in [6.07, 6.45) is 3.98. The normalized spacial score (nSPS) is 15.3. The summed E-state index contributed by atoms with van der Waals surface area (Å²) in [5.41, 5.74) is 4.31. The van der Waals surface area contributed by atoms with Crippen LogP contribution in [0.1, 0.15) is 26.7 Å². The molecule has 0 aromatic heterocycles. The lowest BCUT2D eigenvalue weighted by molar-refractivity contribution is -0.137. The highest BCUT2D eigenvalue weighted by atomic mass is 32.2. The zero-order chi connectivity index (χ0) is 39.0. The van der Waals surface area contributed by atoms with E-state index in [1.165, 1.54) is 24.3 Å². The Hall–Kier alpha value is -6.25. The Morgan fingerprint density at radius 1 is 0.709 bits per heavy atom. The number of carbonyl (C=O) groups excluding carboxylic acids is 2. The molecule has 0 spiro atoms. The summed E-state index contributed by atoms with van der Waals surface area (Å²) < 4.78 is 38.1. The lowest BCUT2D eigenvalue weighted by atomic mass is 9.97. The number of benzene rings is 5. The van der Waals surface area contributed by atoms with Gasteiger partial charge in [-0.15, -0.1) is 15.3 Å². The van der Waals surface area contributed by atoms with Crippen LogP contribution in [0.4, 0.5) is 34.1 Å². The highest BCUT2D eigenvalue weighted by molar-refractivity contribution is 7.89. The van der Waals surface area contributed by atoms with E-state index in [0.29, 0.717) is 17.1 Å². The van der Waals surface area contributed by atoms with Crippen LogP contribution in [0.2, 0.25) is 0 Å². The maximum atomic E-state index is 13.5. The van der Waals surface area contributed by atoms with Crippen LogP contribution in [-0.2, 0) is 29.1 Å². The van der Waals surface area contributed by atoms with Gasteiger partial charge in [0, 0.05) is 58.2 Å². The fraction of sp³-hybridized carbons (Fsp3) is 0.220. The van der Waals surface area contributed by atoms with Gasteiger partial charge in [0.05, 0.1) is 27.6 Å². The fourth-order valence-corrected chi connectivity index (χ4v) is 7.81. The van der Waals surface area contributed by atoms with Crippen molar-refractivity contribution in [1.29, 1.82) is 0 Å². The molecule has 0 radical (unpaired) electrons. The van der Waals surface area contributed by atoms with Crippen molar-refractivity contribution in [2.24, 2.45) is 20.5 Å². The van der Waals surface area contributed by atoms with Gasteiger partial charge in [-0.3, -0.25) is 0 Å². The van der Waals surface area contributed by atoms with Crippen LogP contribution in [-0.4, -0.2) is 56.6 Å². The molecule has 14 heteroatoms. The molecular formula is C41H41N7O6S. The minimum absolute atomic E-state index is 0.0324. The van der Waals surface area contributed by atoms with Gasteiger partial charge in [-0.05, 0) is 67.9 Å². The number of nitrogens with zero attached hydrogens (tertiary/aromatic N) is 5. The van der Waals surface area contributed by atoms with E-state index in [1.807, 2.05) is 48.5 Å². The minimum Gasteiger partial charge on any atom is -0.461 e. The molecule has 0 aliphatic carbocycles. The highest BCUT2D eigenvalue weighted by Crippen LogP contribution is 2.43. The molecule has 1 heterocycles. The van der Waals surface area contributed by atoms with E-state index in [-0.39, 0.29) is 36.9 Å². The summed E-state index contributed by atoms with van der Waals surface area (Å²) >= 11 is 0. The van der Waals surface area contributed by atoms with E-state index in [1.54, 1.807) is 0 Å². The molecule has 6 rings (SSSR count). The zero-order valence-electron chi connectivity index (χ0n) is 30.6. The molecule has 2 N–H and O–H groups in total. The average Bonchev–Trinajstić information content (AvgIpc) is 3.19. The number of esters is 2. The predicted octanol–water partition coefficient (Wildman–Crippen LogP) is 9.63. The molecule has 0 amide bonds. The third-order valence-corrected chi connectivity index (χ3v) is 10.9. The van der Waals surface area contributed by atoms with E-state index >= 15 is 0 Å². The van der Waals surface area contributed by atoms with Crippen molar-refractivity contribution in [3.63, 3.8) is 0 Å². The fourth-order valence-electron chi connectivity index (χ4n) is 6.40. The van der Waals surface area contributed by atoms with Crippen molar-refractivity contribution in [2.75, 3.05) is 36.9 Å². The van der Waals surface area contributed by atoms with Gasteiger partial charge >= 0.3 is 11.9 Å². The molecule has 0 fully saturated rings. The summed E-state index contributed by atoms with van der Waals surface area (Å²) in [6, 6.07) is 27.4. The second kappa shape index (κ2) is 16.8. The number of anilines is 2. The maximum Gasteiger partial charge on any atom is 0.330 e. The lowest BCUT2D eigenvalue weighted by Gasteiger charge is -2.39. The van der Waals surface area contributed by atoms with Gasteiger partial charge in [0.15, 0.2) is 0 Å². The van der Waals surface area contributed by atoms with Gasteiger partial charge in [0.2, 0.25) is 10.0 Å². The highest BCUT2D eigenvalue weighted by Gasteiger charge is 2.29. The third-order valence-electron chi connectivity index (χ3n) is 8.98. The van der Waals surface area contributed by atoms with Gasteiger partial charge < -0.3 is 20.1 Å². The number of ether oxygens (including phenoxy) is 2. The quantitative estimate of drug-likeness (QED) is 0.0571. The van der Waals surface area contributed by atoms with E-state index in [2.05, 4.69) is 71.2 Å². The van der Waals surface area contributed by atoms with Crippen molar-refractivity contribution < 1.29 is 27.5 Å². The molecule has 0 saturated heterocycles. The van der Waals surface area contributed by atoms with Crippen LogP contribution in [0.3, 0.4) is 0 Å². The molecule has 1 aliphatic rings. The van der Waals surface area contributed by atoms with Gasteiger partial charge in [-0.1, -0.05) is 62.9 Å². The third kappa shape index (κ3) is 8.77. The smallest absolute Gasteiger partial charge is 0.330 e. The summed E-state index contributed by atoms with van der Waals surface area (Å²) in [5, 5.41) is 29.3. The van der Waals surface area contributed by atoms with E-state index in [4.69, 9.17) is 14.6 Å². The van der Waals surface area contributed by atoms with Crippen molar-refractivity contribution in [3.05, 3.63) is 116 Å². The van der Waals surface area contributed by atoms with Crippen LogP contribution in [0.5, 0.6) is 0 Å². The second-order valence-corrected chi connectivity index (χ2v) is 14.8. The number of carbonyl (C=O) groups is 2. The first kappa shape index (κ1) is 38.5. The van der Waals surface area contributed by atoms with Crippen molar-refractivity contribution >= 4 is 77.6 Å². The number of hydrogen-bond acceptors (Lipinski definition) is 12. The lowest BCUT2D eigenvalue weighted by Crippen LogP contribution is -2.45. The van der Waals surface area contributed by atoms with Crippen LogP contribution in [0.25, 0.3) is 21.5 Å². The van der Waals surface area contributed by atoms with Crippen LogP contribution < -0.4 is 10.6 Å². The van der Waals surface area contributed by atoms with Crippen molar-refractivity contribution in [1.82, 2.24) is 4.31 Å². The summed E-state index contributed by atoms with van der Waals surface area (Å²) in [7, 11) is -4.07. The molecule has 282 valence electrons. The Balaban J connectivity index is 1.20. The van der Waals surface area contributed by atoms with Gasteiger partial charge in [0.1, 0.15) is 18.9 Å². The van der Waals surface area contributed by atoms with Crippen LogP contribution in [0.15, 0.2) is 142 Å².